The summed E-state index contributed by atoms with van der Waals surface area (Å²) >= 11 is 7.96. The fourth-order valence-electron chi connectivity index (χ4n) is 0.823. The van der Waals surface area contributed by atoms with E-state index in [-0.39, 0.29) is 6.01 Å². The van der Waals surface area contributed by atoms with Gasteiger partial charge in [-0.25, -0.2) is 0 Å². The van der Waals surface area contributed by atoms with Crippen LogP contribution in [-0.4, -0.2) is 28.8 Å². The molecule has 0 aliphatic heterocycles. The van der Waals surface area contributed by atoms with E-state index in [1.54, 1.807) is 0 Å². The highest BCUT2D eigenvalue weighted by Gasteiger charge is 2.23. The highest BCUT2D eigenvalue weighted by Crippen LogP contribution is 2.49. The summed E-state index contributed by atoms with van der Waals surface area (Å²) in [6.07, 6.45) is 1.92. The van der Waals surface area contributed by atoms with Gasteiger partial charge in [0.25, 0.3) is 0 Å². The molecule has 0 fully saturated rings. The minimum Gasteiger partial charge on any atom is -0.388 e. The fraction of sp³-hybridized carbons (Fsp3) is 0.714. The predicted octanol–water partition coefficient (Wildman–Crippen LogP) is 2.94. The monoisotopic (exact) mass is 300 g/mol. The summed E-state index contributed by atoms with van der Waals surface area (Å²) in [4.78, 5) is 4.13. The molecule has 0 N–H and O–H groups in total. The molecule has 1 rings (SSSR count). The molecule has 0 aliphatic carbocycles. The molecule has 0 radical (unpaired) electrons. The summed E-state index contributed by atoms with van der Waals surface area (Å²) in [5.74, 6) is 0. The minimum absolute atomic E-state index is 0.236. The Morgan fingerprint density at radius 3 is 2.44 bits per heavy atom. The molecule has 1 heterocycles. The highest BCUT2D eigenvalue weighted by molar-refractivity contribution is 8.07. The molecule has 1 aromatic heterocycles. The van der Waals surface area contributed by atoms with Gasteiger partial charge in [-0.05, 0) is 31.6 Å². The van der Waals surface area contributed by atoms with Crippen LogP contribution in [0.3, 0.4) is 0 Å². The molecule has 16 heavy (non-hydrogen) atoms. The summed E-state index contributed by atoms with van der Waals surface area (Å²) in [6, 6.07) is 0.236. The topological polar surface area (TPSA) is 53.5 Å². The van der Waals surface area contributed by atoms with Crippen LogP contribution < -0.4 is 4.52 Å². The first-order chi connectivity index (χ1) is 7.63. The lowest BCUT2D eigenvalue weighted by molar-refractivity contribution is 0.214. The van der Waals surface area contributed by atoms with Gasteiger partial charge in [0.05, 0.1) is 13.2 Å². The molecule has 5 nitrogen and oxygen atoms in total. The molecule has 0 aliphatic rings. The third-order valence-corrected chi connectivity index (χ3v) is 5.38. The van der Waals surface area contributed by atoms with Gasteiger partial charge >= 0.3 is 12.7 Å². The molecule has 1 aromatic rings. The first-order valence-electron chi connectivity index (χ1n) is 4.60. The third kappa shape index (κ3) is 4.27. The van der Waals surface area contributed by atoms with Crippen molar-refractivity contribution in [2.24, 2.45) is 0 Å². The van der Waals surface area contributed by atoms with Gasteiger partial charge in [0.15, 0.2) is 4.34 Å². The van der Waals surface area contributed by atoms with Crippen LogP contribution in [0.1, 0.15) is 13.8 Å². The Balaban J connectivity index is 2.71. The highest BCUT2D eigenvalue weighted by atomic mass is 32.5. The Bertz CT molecular complexity index is 364. The molecular formula is C7H13N2O3PS3. The van der Waals surface area contributed by atoms with Gasteiger partial charge in [-0.3, -0.25) is 9.05 Å². The Labute approximate surface area is 108 Å². The molecule has 0 amide bonds. The lowest BCUT2D eigenvalue weighted by Crippen LogP contribution is -2.02. The van der Waals surface area contributed by atoms with Crippen LogP contribution in [0.25, 0.3) is 0 Å². The molecule has 9 heteroatoms. The van der Waals surface area contributed by atoms with Crippen LogP contribution in [0.15, 0.2) is 4.34 Å². The summed E-state index contributed by atoms with van der Waals surface area (Å²) in [5, 5.41) is 0. The van der Waals surface area contributed by atoms with Gasteiger partial charge in [0.2, 0.25) is 0 Å². The van der Waals surface area contributed by atoms with E-state index in [2.05, 4.69) is 9.36 Å². The molecule has 92 valence electrons. The predicted molar refractivity (Wildman–Crippen MR) is 69.9 cm³/mol. The molecule has 0 bridgehead atoms. The van der Waals surface area contributed by atoms with Gasteiger partial charge in [-0.2, -0.15) is 4.98 Å². The van der Waals surface area contributed by atoms with Crippen LogP contribution in [0.5, 0.6) is 6.01 Å². The van der Waals surface area contributed by atoms with Crippen LogP contribution in [0, 0.1) is 0 Å². The van der Waals surface area contributed by atoms with Crippen molar-refractivity contribution in [3.8, 4) is 6.01 Å². The van der Waals surface area contributed by atoms with E-state index in [0.29, 0.717) is 13.2 Å². The van der Waals surface area contributed by atoms with Crippen molar-refractivity contribution in [3.05, 3.63) is 0 Å². The van der Waals surface area contributed by atoms with Crippen molar-refractivity contribution in [3.63, 3.8) is 0 Å². The second kappa shape index (κ2) is 6.88. The number of thioether (sulfide) groups is 1. The quantitative estimate of drug-likeness (QED) is 0.567. The molecular weight excluding hydrogens is 287 g/mol. The zero-order valence-corrected chi connectivity index (χ0v) is 12.5. The summed E-state index contributed by atoms with van der Waals surface area (Å²) in [6.45, 7) is 1.83. The van der Waals surface area contributed by atoms with E-state index >= 15 is 0 Å². The lowest BCUT2D eigenvalue weighted by atomic mass is 10.9. The minimum atomic E-state index is -2.73. The van der Waals surface area contributed by atoms with Crippen molar-refractivity contribution in [2.75, 3.05) is 19.5 Å². The SMILES string of the molecule is CCOP(=S)(OCC)Oc1nsc(SC)n1. The smallest absolute Gasteiger partial charge is 0.382 e. The van der Waals surface area contributed by atoms with E-state index in [0.717, 1.165) is 4.34 Å². The summed E-state index contributed by atoms with van der Waals surface area (Å²) in [5.41, 5.74) is 0. The number of hydrogen-bond acceptors (Lipinski definition) is 8. The Kier molecular flexibility index (Phi) is 6.17. The Hall–Kier alpha value is 0.280. The maximum absolute atomic E-state index is 5.42. The van der Waals surface area contributed by atoms with Gasteiger partial charge in [0, 0.05) is 11.8 Å². The van der Waals surface area contributed by atoms with Crippen LogP contribution in [-0.2, 0) is 20.9 Å². The van der Waals surface area contributed by atoms with Gasteiger partial charge < -0.3 is 4.52 Å². The van der Waals surface area contributed by atoms with Crippen molar-refractivity contribution in [1.82, 2.24) is 9.36 Å². The molecule has 0 aromatic carbocycles. The summed E-state index contributed by atoms with van der Waals surface area (Å²) < 4.78 is 20.9. The second-order valence-corrected chi connectivity index (χ2v) is 7.16. The first kappa shape index (κ1) is 14.3. The maximum atomic E-state index is 5.42. The third-order valence-electron chi connectivity index (χ3n) is 1.33. The number of hydrogen-bond donors (Lipinski definition) is 0. The average molecular weight is 300 g/mol. The van der Waals surface area contributed by atoms with Crippen LogP contribution in [0.4, 0.5) is 0 Å². The van der Waals surface area contributed by atoms with Crippen LogP contribution in [0.2, 0.25) is 0 Å². The van der Waals surface area contributed by atoms with Crippen molar-refractivity contribution in [1.29, 1.82) is 0 Å². The van der Waals surface area contributed by atoms with Gasteiger partial charge in [0.1, 0.15) is 0 Å². The average Bonchev–Trinajstić information content (AvgIpc) is 2.65. The van der Waals surface area contributed by atoms with E-state index < -0.39 is 6.72 Å². The molecule has 0 atom stereocenters. The van der Waals surface area contributed by atoms with E-state index in [9.17, 15) is 0 Å². The fourth-order valence-corrected chi connectivity index (χ4v) is 3.74. The Morgan fingerprint density at radius 1 is 1.38 bits per heavy atom. The van der Waals surface area contributed by atoms with Crippen molar-refractivity contribution in [2.45, 2.75) is 18.2 Å². The number of rotatable bonds is 7. The zero-order valence-electron chi connectivity index (χ0n) is 9.21. The Morgan fingerprint density at radius 2 is 2.00 bits per heavy atom. The van der Waals surface area contributed by atoms with Gasteiger partial charge in [-0.15, -0.1) is 4.37 Å². The van der Waals surface area contributed by atoms with Crippen molar-refractivity contribution >= 4 is 41.8 Å². The standard InChI is InChI=1S/C7H13N2O3PS3/c1-4-10-13(14,11-5-2)12-6-8-7(15-3)16-9-6/h4-5H2,1-3H3. The largest absolute Gasteiger partial charge is 0.388 e. The molecule has 0 saturated carbocycles. The molecule has 0 unspecified atom stereocenters. The second-order valence-electron chi connectivity index (χ2n) is 2.42. The normalized spacial score (nSPS) is 11.7. The number of nitrogens with zero attached hydrogens (tertiary/aromatic N) is 2. The van der Waals surface area contributed by atoms with E-state index in [1.807, 2.05) is 20.1 Å². The van der Waals surface area contributed by atoms with E-state index in [1.165, 1.54) is 23.3 Å². The first-order valence-corrected chi connectivity index (χ1v) is 9.15. The number of aromatic nitrogens is 2. The molecule has 0 spiro atoms. The van der Waals surface area contributed by atoms with Gasteiger partial charge in [-0.1, -0.05) is 11.8 Å². The van der Waals surface area contributed by atoms with Crippen LogP contribution >= 0.6 is 30.0 Å². The lowest BCUT2D eigenvalue weighted by Gasteiger charge is -2.18. The van der Waals surface area contributed by atoms with E-state index in [4.69, 9.17) is 25.4 Å². The zero-order chi connectivity index (χ0) is 12.0. The maximum Gasteiger partial charge on any atom is 0.382 e. The summed E-state index contributed by atoms with van der Waals surface area (Å²) in [7, 11) is 0. The van der Waals surface area contributed by atoms with Crippen molar-refractivity contribution < 1.29 is 13.6 Å². The molecule has 0 saturated heterocycles.